The van der Waals surface area contributed by atoms with E-state index in [-0.39, 0.29) is 12.0 Å². The summed E-state index contributed by atoms with van der Waals surface area (Å²) in [6, 6.07) is 7.16. The Morgan fingerprint density at radius 1 is 1.40 bits per heavy atom. The monoisotopic (exact) mass is 277 g/mol. The van der Waals surface area contributed by atoms with Gasteiger partial charge in [-0.3, -0.25) is 9.69 Å². The van der Waals surface area contributed by atoms with E-state index in [1.807, 2.05) is 36.1 Å². The molecule has 0 saturated carbocycles. The van der Waals surface area contributed by atoms with Crippen LogP contribution in [0.2, 0.25) is 0 Å². The molecule has 1 aromatic carbocycles. The number of para-hydroxylation sites is 2. The van der Waals surface area contributed by atoms with E-state index in [9.17, 15) is 9.90 Å². The summed E-state index contributed by atoms with van der Waals surface area (Å²) in [6.45, 7) is 3.86. The first kappa shape index (κ1) is 13.2. The molecule has 2 aliphatic heterocycles. The van der Waals surface area contributed by atoms with Crippen molar-refractivity contribution in [2.45, 2.75) is 25.5 Å². The molecule has 108 valence electrons. The minimum absolute atomic E-state index is 0.114. The summed E-state index contributed by atoms with van der Waals surface area (Å²) in [4.78, 5) is 13.3. The third kappa shape index (κ3) is 2.45. The van der Waals surface area contributed by atoms with Crippen LogP contribution in [0.1, 0.15) is 13.3 Å². The Hall–Kier alpha value is -1.75. The van der Waals surface area contributed by atoms with Gasteiger partial charge in [-0.15, -0.1) is 0 Å². The highest BCUT2D eigenvalue weighted by atomic mass is 16.6. The summed E-state index contributed by atoms with van der Waals surface area (Å²) in [5.74, 6) is 0.938. The number of hydrogen-bond acceptors (Lipinski definition) is 4. The molecule has 3 rings (SSSR count). The SMILES string of the molecule is CC1CCN(CC2COc3ccccc3O2)C1C(=O)O. The van der Waals surface area contributed by atoms with Gasteiger partial charge in [-0.25, -0.2) is 0 Å². The summed E-state index contributed by atoms with van der Waals surface area (Å²) >= 11 is 0. The third-order valence-electron chi connectivity index (χ3n) is 4.06. The molecule has 0 spiro atoms. The Labute approximate surface area is 118 Å². The fourth-order valence-electron chi connectivity index (χ4n) is 3.05. The van der Waals surface area contributed by atoms with E-state index in [2.05, 4.69) is 0 Å². The lowest BCUT2D eigenvalue weighted by Crippen LogP contribution is -2.46. The average molecular weight is 277 g/mol. The zero-order valence-corrected chi connectivity index (χ0v) is 11.5. The molecule has 0 aliphatic carbocycles. The van der Waals surface area contributed by atoms with Crippen molar-refractivity contribution in [2.24, 2.45) is 5.92 Å². The van der Waals surface area contributed by atoms with Gasteiger partial charge < -0.3 is 14.6 Å². The van der Waals surface area contributed by atoms with Gasteiger partial charge in [0.15, 0.2) is 11.5 Å². The lowest BCUT2D eigenvalue weighted by atomic mass is 10.0. The van der Waals surface area contributed by atoms with Gasteiger partial charge in [0.1, 0.15) is 18.8 Å². The molecule has 2 heterocycles. The molecule has 0 amide bonds. The second kappa shape index (κ2) is 5.32. The number of benzene rings is 1. The maximum Gasteiger partial charge on any atom is 0.321 e. The topological polar surface area (TPSA) is 59.0 Å². The normalized spacial score (nSPS) is 29.4. The van der Waals surface area contributed by atoms with Crippen molar-refractivity contribution in [1.29, 1.82) is 0 Å². The summed E-state index contributed by atoms with van der Waals surface area (Å²) in [7, 11) is 0. The highest BCUT2D eigenvalue weighted by Crippen LogP contribution is 2.32. The van der Waals surface area contributed by atoms with E-state index in [4.69, 9.17) is 9.47 Å². The van der Waals surface area contributed by atoms with Crippen LogP contribution in [0.25, 0.3) is 0 Å². The number of fused-ring (bicyclic) bond motifs is 1. The number of likely N-dealkylation sites (tertiary alicyclic amines) is 1. The molecule has 0 bridgehead atoms. The van der Waals surface area contributed by atoms with Crippen LogP contribution in [-0.2, 0) is 4.79 Å². The highest BCUT2D eigenvalue weighted by molar-refractivity contribution is 5.74. The van der Waals surface area contributed by atoms with Crippen LogP contribution in [0.3, 0.4) is 0 Å². The van der Waals surface area contributed by atoms with Crippen molar-refractivity contribution in [3.8, 4) is 11.5 Å². The van der Waals surface area contributed by atoms with Crippen molar-refractivity contribution in [1.82, 2.24) is 4.90 Å². The fraction of sp³-hybridized carbons (Fsp3) is 0.533. The Morgan fingerprint density at radius 2 is 2.15 bits per heavy atom. The summed E-state index contributed by atoms with van der Waals surface area (Å²) in [5, 5.41) is 9.33. The van der Waals surface area contributed by atoms with Crippen molar-refractivity contribution < 1.29 is 19.4 Å². The molecule has 1 saturated heterocycles. The third-order valence-corrected chi connectivity index (χ3v) is 4.06. The number of nitrogens with zero attached hydrogens (tertiary/aromatic N) is 1. The molecule has 5 heteroatoms. The van der Waals surface area contributed by atoms with Gasteiger partial charge in [-0.1, -0.05) is 19.1 Å². The largest absolute Gasteiger partial charge is 0.486 e. The van der Waals surface area contributed by atoms with Gasteiger partial charge in [-0.2, -0.15) is 0 Å². The Kier molecular flexibility index (Phi) is 3.53. The van der Waals surface area contributed by atoms with Crippen molar-refractivity contribution in [2.75, 3.05) is 19.7 Å². The minimum atomic E-state index is -0.743. The smallest absolute Gasteiger partial charge is 0.321 e. The molecule has 1 aromatic rings. The molecule has 0 radical (unpaired) electrons. The maximum absolute atomic E-state index is 11.3. The Balaban J connectivity index is 1.66. The van der Waals surface area contributed by atoms with Gasteiger partial charge >= 0.3 is 5.97 Å². The summed E-state index contributed by atoms with van der Waals surface area (Å²) in [6.07, 6.45) is 0.804. The maximum atomic E-state index is 11.3. The molecule has 5 nitrogen and oxygen atoms in total. The van der Waals surface area contributed by atoms with Crippen LogP contribution in [-0.4, -0.2) is 47.8 Å². The molecule has 20 heavy (non-hydrogen) atoms. The number of rotatable bonds is 3. The van der Waals surface area contributed by atoms with Crippen LogP contribution in [0.5, 0.6) is 11.5 Å². The standard InChI is InChI=1S/C15H19NO4/c1-10-6-7-16(14(10)15(17)18)8-11-9-19-12-4-2-3-5-13(12)20-11/h2-5,10-11,14H,6-9H2,1H3,(H,17,18). The fourth-order valence-corrected chi connectivity index (χ4v) is 3.05. The van der Waals surface area contributed by atoms with Crippen LogP contribution < -0.4 is 9.47 Å². The average Bonchev–Trinajstić information content (AvgIpc) is 2.79. The molecule has 3 atom stereocenters. The van der Waals surface area contributed by atoms with E-state index in [1.165, 1.54) is 0 Å². The summed E-state index contributed by atoms with van der Waals surface area (Å²) in [5.41, 5.74) is 0. The number of aliphatic carboxylic acids is 1. The molecular weight excluding hydrogens is 258 g/mol. The zero-order chi connectivity index (χ0) is 14.1. The number of carboxylic acids is 1. The van der Waals surface area contributed by atoms with Gasteiger partial charge in [0, 0.05) is 6.54 Å². The Bertz CT molecular complexity index is 504. The van der Waals surface area contributed by atoms with Crippen LogP contribution >= 0.6 is 0 Å². The number of ether oxygens (including phenoxy) is 2. The molecule has 1 fully saturated rings. The van der Waals surface area contributed by atoms with Crippen LogP contribution in [0.4, 0.5) is 0 Å². The second-order valence-corrected chi connectivity index (χ2v) is 5.54. The molecule has 3 unspecified atom stereocenters. The first-order chi connectivity index (χ1) is 9.65. The molecule has 2 aliphatic rings. The molecule has 1 N–H and O–H groups in total. The molecule has 0 aromatic heterocycles. The Morgan fingerprint density at radius 3 is 2.90 bits per heavy atom. The van der Waals surface area contributed by atoms with Gasteiger partial charge in [-0.05, 0) is 31.0 Å². The first-order valence-corrected chi connectivity index (χ1v) is 7.00. The van der Waals surface area contributed by atoms with Gasteiger partial charge in [0.25, 0.3) is 0 Å². The number of carbonyl (C=O) groups is 1. The highest BCUT2D eigenvalue weighted by Gasteiger charge is 2.38. The second-order valence-electron chi connectivity index (χ2n) is 5.54. The number of carboxylic acid groups (broad SMARTS) is 1. The molecular formula is C15H19NO4. The predicted octanol–water partition coefficient (Wildman–Crippen LogP) is 1.62. The van der Waals surface area contributed by atoms with E-state index in [0.29, 0.717) is 13.2 Å². The lowest BCUT2D eigenvalue weighted by molar-refractivity contribution is -0.143. The number of hydrogen-bond donors (Lipinski definition) is 1. The van der Waals surface area contributed by atoms with Gasteiger partial charge in [0.05, 0.1) is 0 Å². The van der Waals surface area contributed by atoms with Gasteiger partial charge in [0.2, 0.25) is 0 Å². The first-order valence-electron chi connectivity index (χ1n) is 7.00. The van der Waals surface area contributed by atoms with Crippen LogP contribution in [0, 0.1) is 5.92 Å². The van der Waals surface area contributed by atoms with E-state index in [0.717, 1.165) is 24.5 Å². The van der Waals surface area contributed by atoms with Crippen molar-refractivity contribution in [3.63, 3.8) is 0 Å². The van der Waals surface area contributed by atoms with Crippen LogP contribution in [0.15, 0.2) is 24.3 Å². The minimum Gasteiger partial charge on any atom is -0.486 e. The zero-order valence-electron chi connectivity index (χ0n) is 11.5. The quantitative estimate of drug-likeness (QED) is 0.910. The van der Waals surface area contributed by atoms with E-state index >= 15 is 0 Å². The van der Waals surface area contributed by atoms with E-state index < -0.39 is 12.0 Å². The lowest BCUT2D eigenvalue weighted by Gasteiger charge is -2.31. The predicted molar refractivity (Wildman–Crippen MR) is 73.1 cm³/mol. The van der Waals surface area contributed by atoms with E-state index in [1.54, 1.807) is 0 Å². The summed E-state index contributed by atoms with van der Waals surface area (Å²) < 4.78 is 11.6. The van der Waals surface area contributed by atoms with Crippen molar-refractivity contribution in [3.05, 3.63) is 24.3 Å². The van der Waals surface area contributed by atoms with Crippen molar-refractivity contribution >= 4 is 5.97 Å².